The Morgan fingerprint density at radius 2 is 2.26 bits per heavy atom. The molecule has 120 valence electrons. The maximum Gasteiger partial charge on any atom is 0.336 e. The number of ether oxygens (including phenoxy) is 1. The van der Waals surface area contributed by atoms with Crippen molar-refractivity contribution in [2.24, 2.45) is 0 Å². The molecule has 0 radical (unpaired) electrons. The topological polar surface area (TPSA) is 80.6 Å². The van der Waals surface area contributed by atoms with Gasteiger partial charge in [-0.3, -0.25) is 4.79 Å². The summed E-state index contributed by atoms with van der Waals surface area (Å²) in [4.78, 5) is 23.0. The molecule has 0 saturated heterocycles. The largest absolute Gasteiger partial charge is 0.497 e. The van der Waals surface area contributed by atoms with Crippen molar-refractivity contribution >= 4 is 11.6 Å². The van der Waals surface area contributed by atoms with Gasteiger partial charge in [-0.25, -0.2) is 4.79 Å². The number of carbonyl (C=O) groups is 1. The van der Waals surface area contributed by atoms with Gasteiger partial charge in [0.1, 0.15) is 5.75 Å². The molecule has 1 aliphatic heterocycles. The molecule has 0 saturated carbocycles. The number of nitrogens with one attached hydrogen (secondary N) is 2. The van der Waals surface area contributed by atoms with Crippen LogP contribution in [0.15, 0.2) is 45.6 Å². The van der Waals surface area contributed by atoms with Gasteiger partial charge in [0, 0.05) is 30.8 Å². The Morgan fingerprint density at radius 3 is 3.04 bits per heavy atom. The first-order valence-corrected chi connectivity index (χ1v) is 7.47. The third-order valence-electron chi connectivity index (χ3n) is 3.93. The molecule has 1 aliphatic rings. The molecule has 0 spiro atoms. The van der Waals surface area contributed by atoms with E-state index >= 15 is 0 Å². The number of methoxy groups -OCH3 is 1. The van der Waals surface area contributed by atoms with Gasteiger partial charge < -0.3 is 19.8 Å². The zero-order chi connectivity index (χ0) is 16.2. The predicted octanol–water partition coefficient (Wildman–Crippen LogP) is 1.98. The minimum Gasteiger partial charge on any atom is -0.497 e. The van der Waals surface area contributed by atoms with Crippen molar-refractivity contribution in [1.82, 2.24) is 5.32 Å². The van der Waals surface area contributed by atoms with Gasteiger partial charge in [-0.15, -0.1) is 0 Å². The summed E-state index contributed by atoms with van der Waals surface area (Å²) >= 11 is 0. The monoisotopic (exact) mass is 314 g/mol. The number of hydrogen-bond donors (Lipinski definition) is 2. The normalized spacial score (nSPS) is 15.6. The van der Waals surface area contributed by atoms with Crippen molar-refractivity contribution in [2.75, 3.05) is 25.5 Å². The highest BCUT2D eigenvalue weighted by atomic mass is 16.5. The summed E-state index contributed by atoms with van der Waals surface area (Å²) in [6.07, 6.45) is 0.788. The highest BCUT2D eigenvalue weighted by Gasteiger charge is 2.22. The lowest BCUT2D eigenvalue weighted by Crippen LogP contribution is -2.26. The third-order valence-corrected chi connectivity index (χ3v) is 3.93. The minimum absolute atomic E-state index is 0.0316. The van der Waals surface area contributed by atoms with Crippen LogP contribution in [0.2, 0.25) is 0 Å². The van der Waals surface area contributed by atoms with Crippen molar-refractivity contribution in [3.05, 3.63) is 58.1 Å². The Balaban J connectivity index is 1.58. The van der Waals surface area contributed by atoms with Gasteiger partial charge in [-0.1, -0.05) is 6.07 Å². The van der Waals surface area contributed by atoms with Gasteiger partial charge in [-0.2, -0.15) is 0 Å². The predicted molar refractivity (Wildman–Crippen MR) is 86.2 cm³/mol. The standard InChI is InChI=1S/C17H18N2O4/c1-22-12-5-6-14-13(9-12)11(10-19-14)7-8-18-17(21)15-3-2-4-16(20)23-15/h2-6,9,11,19H,7-8,10H2,1H3,(H,18,21). The molecular formula is C17H18N2O4. The molecule has 0 bridgehead atoms. The second-order valence-electron chi connectivity index (χ2n) is 5.39. The Kier molecular flexibility index (Phi) is 4.32. The van der Waals surface area contributed by atoms with E-state index in [0.29, 0.717) is 12.5 Å². The van der Waals surface area contributed by atoms with Crippen molar-refractivity contribution < 1.29 is 13.9 Å². The van der Waals surface area contributed by atoms with E-state index < -0.39 is 5.63 Å². The number of anilines is 1. The van der Waals surface area contributed by atoms with Crippen molar-refractivity contribution in [2.45, 2.75) is 12.3 Å². The molecule has 2 N–H and O–H groups in total. The number of carbonyl (C=O) groups excluding carboxylic acids is 1. The third kappa shape index (κ3) is 3.36. The fourth-order valence-corrected chi connectivity index (χ4v) is 2.73. The molecule has 0 fully saturated rings. The van der Waals surface area contributed by atoms with E-state index in [1.165, 1.54) is 23.8 Å². The summed E-state index contributed by atoms with van der Waals surface area (Å²) in [7, 11) is 1.65. The smallest absolute Gasteiger partial charge is 0.336 e. The Morgan fingerprint density at radius 1 is 1.39 bits per heavy atom. The number of fused-ring (bicyclic) bond motifs is 1. The van der Waals surface area contributed by atoms with E-state index in [2.05, 4.69) is 10.6 Å². The first kappa shape index (κ1) is 15.1. The zero-order valence-corrected chi connectivity index (χ0v) is 12.8. The van der Waals surface area contributed by atoms with Crippen molar-refractivity contribution in [3.8, 4) is 5.75 Å². The second-order valence-corrected chi connectivity index (χ2v) is 5.39. The minimum atomic E-state index is -0.529. The molecular weight excluding hydrogens is 296 g/mol. The SMILES string of the molecule is COc1ccc2c(c1)C(CCNC(=O)c1cccc(=O)o1)CN2. The van der Waals surface area contributed by atoms with E-state index in [4.69, 9.17) is 9.15 Å². The molecule has 1 amide bonds. The maximum absolute atomic E-state index is 11.9. The van der Waals surface area contributed by atoms with Gasteiger partial charge in [0.15, 0.2) is 5.76 Å². The van der Waals surface area contributed by atoms with Crippen LogP contribution >= 0.6 is 0 Å². The molecule has 2 heterocycles. The molecule has 6 nitrogen and oxygen atoms in total. The highest BCUT2D eigenvalue weighted by molar-refractivity contribution is 5.91. The summed E-state index contributed by atoms with van der Waals surface area (Å²) in [6.45, 7) is 1.33. The molecule has 1 atom stereocenters. The van der Waals surface area contributed by atoms with Crippen LogP contribution < -0.4 is 21.0 Å². The van der Waals surface area contributed by atoms with E-state index in [1.807, 2.05) is 18.2 Å². The van der Waals surface area contributed by atoms with Crippen LogP contribution in [0.4, 0.5) is 5.69 Å². The van der Waals surface area contributed by atoms with E-state index in [9.17, 15) is 9.59 Å². The average molecular weight is 314 g/mol. The fourth-order valence-electron chi connectivity index (χ4n) is 2.73. The lowest BCUT2D eigenvalue weighted by Gasteiger charge is -2.11. The van der Waals surface area contributed by atoms with E-state index in [1.54, 1.807) is 7.11 Å². The molecule has 2 aromatic rings. The van der Waals surface area contributed by atoms with Crippen LogP contribution in [-0.4, -0.2) is 26.1 Å². The van der Waals surface area contributed by atoms with Crippen LogP contribution in [0.25, 0.3) is 0 Å². The number of hydrogen-bond acceptors (Lipinski definition) is 5. The Bertz CT molecular complexity index is 769. The summed E-state index contributed by atoms with van der Waals surface area (Å²) < 4.78 is 10.1. The van der Waals surface area contributed by atoms with Crippen molar-refractivity contribution in [3.63, 3.8) is 0 Å². The van der Waals surface area contributed by atoms with E-state index in [0.717, 1.165) is 24.4 Å². The van der Waals surface area contributed by atoms with Crippen LogP contribution in [0.3, 0.4) is 0 Å². The molecule has 1 unspecified atom stereocenters. The summed E-state index contributed by atoms with van der Waals surface area (Å²) in [5, 5.41) is 6.13. The molecule has 1 aromatic heterocycles. The first-order valence-electron chi connectivity index (χ1n) is 7.47. The van der Waals surface area contributed by atoms with Crippen molar-refractivity contribution in [1.29, 1.82) is 0 Å². The summed E-state index contributed by atoms with van der Waals surface area (Å²) in [5.41, 5.74) is 1.78. The number of amides is 1. The van der Waals surface area contributed by atoms with Gasteiger partial charge in [0.05, 0.1) is 7.11 Å². The molecule has 0 aliphatic carbocycles. The zero-order valence-electron chi connectivity index (χ0n) is 12.8. The summed E-state index contributed by atoms with van der Waals surface area (Å²) in [6, 6.07) is 10.2. The summed E-state index contributed by atoms with van der Waals surface area (Å²) in [5.74, 6) is 0.791. The van der Waals surface area contributed by atoms with E-state index in [-0.39, 0.29) is 11.7 Å². The molecule has 3 rings (SSSR count). The Hall–Kier alpha value is -2.76. The maximum atomic E-state index is 11.9. The highest BCUT2D eigenvalue weighted by Crippen LogP contribution is 2.35. The number of benzene rings is 1. The number of rotatable bonds is 5. The lowest BCUT2D eigenvalue weighted by molar-refractivity contribution is 0.0920. The van der Waals surface area contributed by atoms with Gasteiger partial charge in [0.25, 0.3) is 5.91 Å². The molecule has 6 heteroatoms. The average Bonchev–Trinajstić information content (AvgIpc) is 2.97. The Labute approximate surface area is 133 Å². The fraction of sp³-hybridized carbons (Fsp3) is 0.294. The van der Waals surface area contributed by atoms with Crippen LogP contribution in [0.1, 0.15) is 28.5 Å². The van der Waals surface area contributed by atoms with Crippen LogP contribution in [0.5, 0.6) is 5.75 Å². The first-order chi connectivity index (χ1) is 11.2. The van der Waals surface area contributed by atoms with Gasteiger partial charge in [-0.05, 0) is 36.2 Å². The molecule has 23 heavy (non-hydrogen) atoms. The van der Waals surface area contributed by atoms with Gasteiger partial charge in [0.2, 0.25) is 0 Å². The lowest BCUT2D eigenvalue weighted by atomic mass is 9.97. The van der Waals surface area contributed by atoms with Gasteiger partial charge >= 0.3 is 5.63 Å². The molecule has 1 aromatic carbocycles. The van der Waals surface area contributed by atoms with Crippen LogP contribution in [0, 0.1) is 0 Å². The second kappa shape index (κ2) is 6.56. The van der Waals surface area contributed by atoms with Crippen LogP contribution in [-0.2, 0) is 0 Å². The quantitative estimate of drug-likeness (QED) is 0.882.